The van der Waals surface area contributed by atoms with Crippen LogP contribution in [0.4, 0.5) is 4.79 Å². The van der Waals surface area contributed by atoms with Gasteiger partial charge >= 0.3 is 6.09 Å². The molecule has 19 heavy (non-hydrogen) atoms. The molecule has 0 radical (unpaired) electrons. The summed E-state index contributed by atoms with van der Waals surface area (Å²) < 4.78 is 5.43. The van der Waals surface area contributed by atoms with Crippen molar-refractivity contribution in [2.24, 2.45) is 0 Å². The van der Waals surface area contributed by atoms with Crippen molar-refractivity contribution in [1.82, 2.24) is 10.2 Å². The first kappa shape index (κ1) is 16.3. The molecule has 4 nitrogen and oxygen atoms in total. The maximum atomic E-state index is 11.6. The largest absolute Gasteiger partial charge is 0.445 e. The highest BCUT2D eigenvalue weighted by atomic mass is 16.6. The van der Waals surface area contributed by atoms with Crippen LogP contribution in [-0.2, 0) is 4.74 Å². The van der Waals surface area contributed by atoms with Gasteiger partial charge in [0.05, 0.1) is 0 Å². The number of carbonyl (C=O) groups is 1. The number of hydrogen-bond acceptors (Lipinski definition) is 3. The third kappa shape index (κ3) is 7.41. The first-order chi connectivity index (χ1) is 9.17. The Hall–Kier alpha value is -0.770. The Bertz CT molecular complexity index is 259. The number of amides is 1. The van der Waals surface area contributed by atoms with Crippen LogP contribution in [0.15, 0.2) is 0 Å². The van der Waals surface area contributed by atoms with Gasteiger partial charge in [-0.15, -0.1) is 0 Å². The van der Waals surface area contributed by atoms with Crippen molar-refractivity contribution >= 4 is 6.09 Å². The molecule has 1 rings (SSSR count). The lowest BCUT2D eigenvalue weighted by Crippen LogP contribution is -2.33. The van der Waals surface area contributed by atoms with Crippen molar-refractivity contribution < 1.29 is 9.53 Å². The van der Waals surface area contributed by atoms with Gasteiger partial charge in [0.1, 0.15) is 6.10 Å². The quantitative estimate of drug-likeness (QED) is 0.490. The van der Waals surface area contributed by atoms with E-state index in [0.717, 1.165) is 32.5 Å². The van der Waals surface area contributed by atoms with Crippen LogP contribution in [0, 0.1) is 0 Å². The summed E-state index contributed by atoms with van der Waals surface area (Å²) in [4.78, 5) is 14.0. The highest BCUT2D eigenvalue weighted by molar-refractivity contribution is 5.67. The van der Waals surface area contributed by atoms with Crippen molar-refractivity contribution in [3.05, 3.63) is 0 Å². The number of ether oxygens (including phenoxy) is 1. The second-order valence-electron chi connectivity index (χ2n) is 5.58. The lowest BCUT2D eigenvalue weighted by molar-refractivity contribution is 0.0852. The van der Waals surface area contributed by atoms with E-state index in [9.17, 15) is 4.79 Å². The summed E-state index contributed by atoms with van der Waals surface area (Å²) in [7, 11) is 0. The Morgan fingerprint density at radius 1 is 1.32 bits per heavy atom. The molecule has 4 heteroatoms. The van der Waals surface area contributed by atoms with Gasteiger partial charge in [-0.1, -0.05) is 39.5 Å². The van der Waals surface area contributed by atoms with E-state index in [0.29, 0.717) is 6.04 Å². The fraction of sp³-hybridized carbons (Fsp3) is 0.933. The van der Waals surface area contributed by atoms with Crippen LogP contribution in [0.25, 0.3) is 0 Å². The van der Waals surface area contributed by atoms with Gasteiger partial charge in [-0.05, 0) is 19.8 Å². The van der Waals surface area contributed by atoms with Crippen molar-refractivity contribution in [3.8, 4) is 0 Å². The molecule has 0 aromatic rings. The van der Waals surface area contributed by atoms with Crippen molar-refractivity contribution in [1.29, 1.82) is 0 Å². The number of carbonyl (C=O) groups excluding carboxylic acids is 1. The van der Waals surface area contributed by atoms with E-state index < -0.39 is 0 Å². The van der Waals surface area contributed by atoms with E-state index in [1.165, 1.54) is 25.7 Å². The molecule has 1 heterocycles. The highest BCUT2D eigenvalue weighted by Crippen LogP contribution is 2.17. The zero-order valence-electron chi connectivity index (χ0n) is 12.8. The van der Waals surface area contributed by atoms with Crippen molar-refractivity contribution in [2.45, 2.75) is 71.4 Å². The third-order valence-electron chi connectivity index (χ3n) is 3.71. The molecule has 3 unspecified atom stereocenters. The van der Waals surface area contributed by atoms with Crippen LogP contribution >= 0.6 is 0 Å². The van der Waals surface area contributed by atoms with E-state index >= 15 is 0 Å². The number of rotatable bonds is 10. The maximum absolute atomic E-state index is 11.6. The summed E-state index contributed by atoms with van der Waals surface area (Å²) in [5.74, 6) is 0. The molecular formula is C15H30N2O2. The average Bonchev–Trinajstić information content (AvgIpc) is 3.08. The summed E-state index contributed by atoms with van der Waals surface area (Å²) >= 11 is 0. The molecular weight excluding hydrogens is 240 g/mol. The summed E-state index contributed by atoms with van der Waals surface area (Å²) in [6.45, 7) is 9.22. The van der Waals surface area contributed by atoms with Gasteiger partial charge in [-0.3, -0.25) is 4.90 Å². The molecule has 1 N–H and O–H groups in total. The first-order valence-corrected chi connectivity index (χ1v) is 7.85. The molecule has 0 aromatic heterocycles. The van der Waals surface area contributed by atoms with E-state index in [1.807, 2.05) is 0 Å². The topological polar surface area (TPSA) is 41.3 Å². The fourth-order valence-electron chi connectivity index (χ4n) is 2.17. The van der Waals surface area contributed by atoms with Crippen molar-refractivity contribution in [3.63, 3.8) is 0 Å². The van der Waals surface area contributed by atoms with Gasteiger partial charge in [-0.2, -0.15) is 0 Å². The number of alkyl carbamates (subject to hydrolysis) is 1. The minimum atomic E-state index is -0.253. The Labute approximate surface area is 117 Å². The average molecular weight is 270 g/mol. The van der Waals surface area contributed by atoms with Crippen LogP contribution in [0.1, 0.15) is 59.3 Å². The molecule has 0 aliphatic carbocycles. The predicted molar refractivity (Wildman–Crippen MR) is 78.4 cm³/mol. The number of hydrogen-bond donors (Lipinski definition) is 1. The summed E-state index contributed by atoms with van der Waals surface area (Å²) in [6.07, 6.45) is 6.71. The van der Waals surface area contributed by atoms with Gasteiger partial charge in [0.25, 0.3) is 0 Å². The summed E-state index contributed by atoms with van der Waals surface area (Å²) in [5.41, 5.74) is 0. The third-order valence-corrected chi connectivity index (χ3v) is 3.71. The zero-order chi connectivity index (χ0) is 14.1. The van der Waals surface area contributed by atoms with Gasteiger partial charge in [-0.25, -0.2) is 4.79 Å². The summed E-state index contributed by atoms with van der Waals surface area (Å²) in [5, 5.41) is 2.85. The maximum Gasteiger partial charge on any atom is 0.407 e. The lowest BCUT2D eigenvalue weighted by Gasteiger charge is -2.17. The summed E-state index contributed by atoms with van der Waals surface area (Å²) in [6, 6.07) is 0.666. The minimum absolute atomic E-state index is 0.0324. The lowest BCUT2D eigenvalue weighted by atomic mass is 10.1. The van der Waals surface area contributed by atoms with E-state index in [-0.39, 0.29) is 12.2 Å². The number of unbranched alkanes of at least 4 members (excludes halogenated alkanes) is 4. The molecule has 1 amide bonds. The van der Waals surface area contributed by atoms with Gasteiger partial charge < -0.3 is 10.1 Å². The minimum Gasteiger partial charge on any atom is -0.445 e. The van der Waals surface area contributed by atoms with E-state index in [4.69, 9.17) is 4.74 Å². The van der Waals surface area contributed by atoms with Crippen LogP contribution < -0.4 is 5.32 Å². The molecule has 3 atom stereocenters. The predicted octanol–water partition coefficient (Wildman–Crippen LogP) is 3.17. The second kappa shape index (κ2) is 9.18. The molecule has 0 spiro atoms. The molecule has 0 saturated carbocycles. The molecule has 1 aliphatic heterocycles. The van der Waals surface area contributed by atoms with Gasteiger partial charge in [0.2, 0.25) is 0 Å². The SMILES string of the molecule is CCCCCCCNC(=O)OC(CC)CN1CC1C. The first-order valence-electron chi connectivity index (χ1n) is 7.85. The Balaban J connectivity index is 2.01. The normalized spacial score (nSPS) is 22.9. The highest BCUT2D eigenvalue weighted by Gasteiger charge is 2.31. The van der Waals surface area contributed by atoms with Crippen LogP contribution in [0.3, 0.4) is 0 Å². The molecule has 0 bridgehead atoms. The number of nitrogens with zero attached hydrogens (tertiary/aromatic N) is 1. The van der Waals surface area contributed by atoms with Gasteiger partial charge in [0.15, 0.2) is 0 Å². The molecule has 1 aliphatic rings. The monoisotopic (exact) mass is 270 g/mol. The molecule has 0 aromatic carbocycles. The number of nitrogens with one attached hydrogen (secondary N) is 1. The van der Waals surface area contributed by atoms with Crippen molar-refractivity contribution in [2.75, 3.05) is 19.6 Å². The smallest absolute Gasteiger partial charge is 0.407 e. The Kier molecular flexibility index (Phi) is 7.87. The van der Waals surface area contributed by atoms with Crippen LogP contribution in [0.2, 0.25) is 0 Å². The van der Waals surface area contributed by atoms with Crippen LogP contribution in [0.5, 0.6) is 0 Å². The second-order valence-corrected chi connectivity index (χ2v) is 5.58. The molecule has 112 valence electrons. The Morgan fingerprint density at radius 2 is 2.00 bits per heavy atom. The fourth-order valence-corrected chi connectivity index (χ4v) is 2.17. The zero-order valence-corrected chi connectivity index (χ0v) is 12.8. The molecule has 1 saturated heterocycles. The Morgan fingerprint density at radius 3 is 2.58 bits per heavy atom. The molecule has 1 fully saturated rings. The van der Waals surface area contributed by atoms with Gasteiger partial charge in [0, 0.05) is 25.7 Å². The van der Waals surface area contributed by atoms with E-state index in [2.05, 4.69) is 31.0 Å². The standard InChI is InChI=1S/C15H30N2O2/c1-4-6-7-8-9-10-16-15(18)19-14(5-2)12-17-11-13(17)3/h13-14H,4-12H2,1-3H3,(H,16,18). The van der Waals surface area contributed by atoms with Crippen LogP contribution in [-0.4, -0.2) is 42.8 Å². The van der Waals surface area contributed by atoms with E-state index in [1.54, 1.807) is 0 Å².